The van der Waals surface area contributed by atoms with Gasteiger partial charge in [0.15, 0.2) is 0 Å². The zero-order valence-corrected chi connectivity index (χ0v) is 13.5. The Labute approximate surface area is 119 Å². The quantitative estimate of drug-likeness (QED) is 0.790. The number of nitrogens with one attached hydrogen (secondary N) is 1. The van der Waals surface area contributed by atoms with E-state index >= 15 is 0 Å². The van der Waals surface area contributed by atoms with Crippen LogP contribution in [0.25, 0.3) is 0 Å². The smallest absolute Gasteiger partial charge is 0.250 e. The molecule has 0 saturated carbocycles. The van der Waals surface area contributed by atoms with E-state index in [1.807, 2.05) is 32.8 Å². The molecule has 0 aliphatic carbocycles. The molecule has 110 valence electrons. The van der Waals surface area contributed by atoms with Gasteiger partial charge < -0.3 is 10.6 Å². The van der Waals surface area contributed by atoms with Crippen molar-refractivity contribution < 1.29 is 8.42 Å². The van der Waals surface area contributed by atoms with Crippen molar-refractivity contribution in [1.82, 2.24) is 9.62 Å². The van der Waals surface area contributed by atoms with E-state index in [0.29, 0.717) is 17.3 Å². The molecule has 0 radical (unpaired) electrons. The van der Waals surface area contributed by atoms with E-state index in [0.717, 1.165) is 4.88 Å². The second-order valence-electron chi connectivity index (χ2n) is 5.16. The average Bonchev–Trinajstić information content (AvgIpc) is 2.76. The van der Waals surface area contributed by atoms with E-state index in [1.165, 1.54) is 11.3 Å². The summed E-state index contributed by atoms with van der Waals surface area (Å²) in [5.41, 5.74) is 5.51. The SMILES string of the molecule is CC(C)C(CN(C)C)NS(=O)(=O)c1ccc(CN)s1. The van der Waals surface area contributed by atoms with Crippen molar-refractivity contribution in [2.24, 2.45) is 11.7 Å². The van der Waals surface area contributed by atoms with Gasteiger partial charge in [0.25, 0.3) is 0 Å². The van der Waals surface area contributed by atoms with Crippen molar-refractivity contribution in [3.8, 4) is 0 Å². The molecule has 0 spiro atoms. The van der Waals surface area contributed by atoms with Crippen molar-refractivity contribution in [3.63, 3.8) is 0 Å². The van der Waals surface area contributed by atoms with Crippen LogP contribution in [0.3, 0.4) is 0 Å². The van der Waals surface area contributed by atoms with Crippen LogP contribution in [-0.2, 0) is 16.6 Å². The summed E-state index contributed by atoms with van der Waals surface area (Å²) in [6.07, 6.45) is 0. The van der Waals surface area contributed by atoms with Gasteiger partial charge in [-0.05, 0) is 32.1 Å². The van der Waals surface area contributed by atoms with Crippen LogP contribution in [0.15, 0.2) is 16.3 Å². The Kier molecular flexibility index (Phi) is 5.94. The third-order valence-corrected chi connectivity index (χ3v) is 5.87. The van der Waals surface area contributed by atoms with Crippen molar-refractivity contribution >= 4 is 21.4 Å². The molecule has 1 aromatic rings. The number of hydrogen-bond donors (Lipinski definition) is 2. The predicted octanol–water partition coefficient (Wildman–Crippen LogP) is 1.07. The summed E-state index contributed by atoms with van der Waals surface area (Å²) in [4.78, 5) is 2.85. The van der Waals surface area contributed by atoms with Gasteiger partial charge >= 0.3 is 0 Å². The Bertz CT molecular complexity index is 495. The largest absolute Gasteiger partial charge is 0.326 e. The third-order valence-electron chi connectivity index (χ3n) is 2.78. The lowest BCUT2D eigenvalue weighted by Crippen LogP contribution is -2.44. The first-order valence-corrected chi connectivity index (χ1v) is 8.52. The Morgan fingerprint density at radius 3 is 2.42 bits per heavy atom. The highest BCUT2D eigenvalue weighted by atomic mass is 32.2. The summed E-state index contributed by atoms with van der Waals surface area (Å²) >= 11 is 1.22. The summed E-state index contributed by atoms with van der Waals surface area (Å²) < 4.78 is 27.7. The number of thiophene rings is 1. The fraction of sp³-hybridized carbons (Fsp3) is 0.667. The molecule has 1 rings (SSSR count). The molecule has 19 heavy (non-hydrogen) atoms. The molecule has 0 aliphatic heterocycles. The number of nitrogens with zero attached hydrogens (tertiary/aromatic N) is 1. The third kappa shape index (κ3) is 4.85. The van der Waals surface area contributed by atoms with Crippen LogP contribution in [-0.4, -0.2) is 40.0 Å². The van der Waals surface area contributed by atoms with Crippen LogP contribution in [0.2, 0.25) is 0 Å². The molecule has 5 nitrogen and oxygen atoms in total. The lowest BCUT2D eigenvalue weighted by Gasteiger charge is -2.25. The molecule has 0 amide bonds. The van der Waals surface area contributed by atoms with Crippen LogP contribution in [0, 0.1) is 5.92 Å². The van der Waals surface area contributed by atoms with Crippen molar-refractivity contribution in [2.45, 2.75) is 30.6 Å². The molecule has 0 aromatic carbocycles. The molecular formula is C12H23N3O2S2. The minimum atomic E-state index is -3.45. The maximum Gasteiger partial charge on any atom is 0.250 e. The molecular weight excluding hydrogens is 282 g/mol. The number of likely N-dealkylation sites (N-methyl/N-ethyl adjacent to an activating group) is 1. The highest BCUT2D eigenvalue weighted by Gasteiger charge is 2.24. The molecule has 1 unspecified atom stereocenters. The number of nitrogens with two attached hydrogens (primary N) is 1. The topological polar surface area (TPSA) is 75.4 Å². The van der Waals surface area contributed by atoms with E-state index in [1.54, 1.807) is 12.1 Å². The Hall–Kier alpha value is -0.470. The number of hydrogen-bond acceptors (Lipinski definition) is 5. The summed E-state index contributed by atoms with van der Waals surface area (Å²) in [5, 5.41) is 0. The van der Waals surface area contributed by atoms with Gasteiger partial charge in [-0.2, -0.15) is 0 Å². The van der Waals surface area contributed by atoms with Crippen LogP contribution < -0.4 is 10.5 Å². The van der Waals surface area contributed by atoms with Crippen LogP contribution in [0.5, 0.6) is 0 Å². The first-order chi connectivity index (χ1) is 8.76. The molecule has 1 heterocycles. The van der Waals surface area contributed by atoms with Gasteiger partial charge in [0.1, 0.15) is 4.21 Å². The summed E-state index contributed by atoms with van der Waals surface area (Å²) in [6.45, 7) is 5.06. The van der Waals surface area contributed by atoms with E-state index in [4.69, 9.17) is 5.73 Å². The zero-order chi connectivity index (χ0) is 14.6. The zero-order valence-electron chi connectivity index (χ0n) is 11.9. The van der Waals surface area contributed by atoms with Crippen LogP contribution in [0.1, 0.15) is 18.7 Å². The maximum atomic E-state index is 12.3. The van der Waals surface area contributed by atoms with Gasteiger partial charge in [-0.3, -0.25) is 0 Å². The minimum Gasteiger partial charge on any atom is -0.326 e. The molecule has 1 aromatic heterocycles. The second-order valence-corrected chi connectivity index (χ2v) is 8.27. The Balaban J connectivity index is 2.87. The first-order valence-electron chi connectivity index (χ1n) is 6.22. The standard InChI is InChI=1S/C12H23N3O2S2/c1-9(2)11(8-15(3)4)14-19(16,17)12-6-5-10(7-13)18-12/h5-6,9,11,14H,7-8,13H2,1-4H3. The van der Waals surface area contributed by atoms with Gasteiger partial charge in [-0.1, -0.05) is 13.8 Å². The lowest BCUT2D eigenvalue weighted by molar-refractivity contribution is 0.314. The molecule has 1 atom stereocenters. The Morgan fingerprint density at radius 2 is 2.00 bits per heavy atom. The maximum absolute atomic E-state index is 12.3. The fourth-order valence-corrected chi connectivity index (χ4v) is 4.27. The van der Waals surface area contributed by atoms with Crippen LogP contribution in [0.4, 0.5) is 0 Å². The van der Waals surface area contributed by atoms with Crippen molar-refractivity contribution in [1.29, 1.82) is 0 Å². The number of sulfonamides is 1. The monoisotopic (exact) mass is 305 g/mol. The predicted molar refractivity (Wildman–Crippen MR) is 79.7 cm³/mol. The fourth-order valence-electron chi connectivity index (χ4n) is 1.65. The molecule has 0 saturated heterocycles. The summed E-state index contributed by atoms with van der Waals surface area (Å²) in [5.74, 6) is 0.228. The minimum absolute atomic E-state index is 0.108. The van der Waals surface area contributed by atoms with E-state index < -0.39 is 10.0 Å². The summed E-state index contributed by atoms with van der Waals surface area (Å²) in [6, 6.07) is 3.26. The number of rotatable bonds is 7. The molecule has 7 heteroatoms. The normalized spacial score (nSPS) is 14.3. The second kappa shape index (κ2) is 6.81. The molecule has 0 aliphatic rings. The molecule has 0 bridgehead atoms. The first kappa shape index (κ1) is 16.6. The van der Waals surface area contributed by atoms with E-state index in [2.05, 4.69) is 4.72 Å². The van der Waals surface area contributed by atoms with Gasteiger partial charge in [0.05, 0.1) is 0 Å². The van der Waals surface area contributed by atoms with E-state index in [9.17, 15) is 8.42 Å². The van der Waals surface area contributed by atoms with Gasteiger partial charge in [0.2, 0.25) is 10.0 Å². The molecule has 3 N–H and O–H groups in total. The highest BCUT2D eigenvalue weighted by Crippen LogP contribution is 2.22. The molecule has 0 fully saturated rings. The van der Waals surface area contributed by atoms with Crippen molar-refractivity contribution in [3.05, 3.63) is 17.0 Å². The summed E-state index contributed by atoms with van der Waals surface area (Å²) in [7, 11) is 0.411. The van der Waals surface area contributed by atoms with Gasteiger partial charge in [0, 0.05) is 24.0 Å². The lowest BCUT2D eigenvalue weighted by atomic mass is 10.1. The Morgan fingerprint density at radius 1 is 1.37 bits per heavy atom. The van der Waals surface area contributed by atoms with Crippen LogP contribution >= 0.6 is 11.3 Å². The average molecular weight is 305 g/mol. The van der Waals surface area contributed by atoms with E-state index in [-0.39, 0.29) is 12.0 Å². The highest BCUT2D eigenvalue weighted by molar-refractivity contribution is 7.91. The van der Waals surface area contributed by atoms with Gasteiger partial charge in [-0.25, -0.2) is 13.1 Å². The van der Waals surface area contributed by atoms with Crippen molar-refractivity contribution in [2.75, 3.05) is 20.6 Å². The van der Waals surface area contributed by atoms with Gasteiger partial charge in [-0.15, -0.1) is 11.3 Å².